The molecule has 0 saturated carbocycles. The van der Waals surface area contributed by atoms with Crippen molar-refractivity contribution >= 4 is 11.6 Å². The Bertz CT molecular complexity index is 341. The molecule has 0 aliphatic heterocycles. The monoisotopic (exact) mass is 268 g/mol. The maximum atomic E-state index is 5.77. The Labute approximate surface area is 116 Å². The Morgan fingerprint density at radius 2 is 2.11 bits per heavy atom. The van der Waals surface area contributed by atoms with Gasteiger partial charge >= 0.3 is 0 Å². The molecule has 0 radical (unpaired) electrons. The summed E-state index contributed by atoms with van der Waals surface area (Å²) in [5, 5.41) is 0. The number of aromatic nitrogens is 1. The number of aryl methyl sites for hydroxylation is 1. The van der Waals surface area contributed by atoms with Gasteiger partial charge in [0.1, 0.15) is 0 Å². The fourth-order valence-corrected chi connectivity index (χ4v) is 2.37. The fraction of sp³-hybridized carbons (Fsp3) is 0.667. The molecule has 0 aliphatic carbocycles. The maximum absolute atomic E-state index is 5.77. The molecule has 1 heterocycles. The van der Waals surface area contributed by atoms with Gasteiger partial charge in [-0.05, 0) is 50.9 Å². The molecule has 1 atom stereocenters. The third-order valence-corrected chi connectivity index (χ3v) is 3.54. The molecular weight excluding hydrogens is 244 g/mol. The summed E-state index contributed by atoms with van der Waals surface area (Å²) in [4.78, 5) is 7.01. The van der Waals surface area contributed by atoms with E-state index in [9.17, 15) is 0 Å². The number of nitrogens with zero attached hydrogens (tertiary/aromatic N) is 2. The number of hydrogen-bond donors (Lipinski definition) is 0. The lowest BCUT2D eigenvalue weighted by atomic mass is 10.0. The summed E-state index contributed by atoms with van der Waals surface area (Å²) in [5.74, 6) is 1.48. The van der Waals surface area contributed by atoms with Crippen molar-refractivity contribution in [3.05, 3.63) is 29.6 Å². The lowest BCUT2D eigenvalue weighted by molar-refractivity contribution is 0.255. The Hall–Kier alpha value is -0.600. The van der Waals surface area contributed by atoms with Crippen LogP contribution >= 0.6 is 11.6 Å². The van der Waals surface area contributed by atoms with Crippen LogP contribution in [0.1, 0.15) is 38.1 Å². The van der Waals surface area contributed by atoms with Crippen LogP contribution in [0.25, 0.3) is 0 Å². The SMILES string of the molecule is CCN(CCC(C)CCCl)Cc1cccc(C)n1. The summed E-state index contributed by atoms with van der Waals surface area (Å²) < 4.78 is 0. The molecule has 3 heteroatoms. The van der Waals surface area contributed by atoms with Crippen LogP contribution in [0.3, 0.4) is 0 Å². The van der Waals surface area contributed by atoms with Crippen LogP contribution in [0.15, 0.2) is 18.2 Å². The van der Waals surface area contributed by atoms with Crippen LogP contribution < -0.4 is 0 Å². The third kappa shape index (κ3) is 5.83. The highest BCUT2D eigenvalue weighted by molar-refractivity contribution is 6.17. The minimum Gasteiger partial charge on any atom is -0.298 e. The normalized spacial score (nSPS) is 12.9. The van der Waals surface area contributed by atoms with E-state index in [4.69, 9.17) is 11.6 Å². The Balaban J connectivity index is 2.42. The van der Waals surface area contributed by atoms with Gasteiger partial charge < -0.3 is 0 Å². The van der Waals surface area contributed by atoms with Gasteiger partial charge in [-0.3, -0.25) is 9.88 Å². The average molecular weight is 269 g/mol. The first-order chi connectivity index (χ1) is 8.65. The highest BCUT2D eigenvalue weighted by atomic mass is 35.5. The van der Waals surface area contributed by atoms with Gasteiger partial charge in [-0.1, -0.05) is 19.9 Å². The maximum Gasteiger partial charge on any atom is 0.0547 e. The molecule has 1 aromatic heterocycles. The lowest BCUT2D eigenvalue weighted by Gasteiger charge is -2.22. The molecular formula is C15H25ClN2. The summed E-state index contributed by atoms with van der Waals surface area (Å²) in [7, 11) is 0. The Morgan fingerprint density at radius 3 is 2.72 bits per heavy atom. The van der Waals surface area contributed by atoms with Crippen molar-refractivity contribution in [1.29, 1.82) is 0 Å². The molecule has 1 aromatic rings. The number of hydrogen-bond acceptors (Lipinski definition) is 2. The van der Waals surface area contributed by atoms with E-state index in [1.165, 1.54) is 12.1 Å². The second kappa shape index (κ2) is 8.49. The topological polar surface area (TPSA) is 16.1 Å². The van der Waals surface area contributed by atoms with Gasteiger partial charge in [0.15, 0.2) is 0 Å². The Kier molecular flexibility index (Phi) is 7.29. The third-order valence-electron chi connectivity index (χ3n) is 3.32. The van der Waals surface area contributed by atoms with Crippen molar-refractivity contribution in [2.75, 3.05) is 19.0 Å². The van der Waals surface area contributed by atoms with Gasteiger partial charge in [0, 0.05) is 18.1 Å². The van der Waals surface area contributed by atoms with Crippen LogP contribution in [0.4, 0.5) is 0 Å². The van der Waals surface area contributed by atoms with Crippen molar-refractivity contribution in [2.45, 2.75) is 40.2 Å². The van der Waals surface area contributed by atoms with Crippen LogP contribution in [-0.2, 0) is 6.54 Å². The van der Waals surface area contributed by atoms with Gasteiger partial charge in [-0.2, -0.15) is 0 Å². The molecule has 0 amide bonds. The van der Waals surface area contributed by atoms with Crippen LogP contribution in [0.2, 0.25) is 0 Å². The van der Waals surface area contributed by atoms with Gasteiger partial charge in [0.05, 0.1) is 5.69 Å². The largest absolute Gasteiger partial charge is 0.298 e. The Morgan fingerprint density at radius 1 is 1.33 bits per heavy atom. The van der Waals surface area contributed by atoms with E-state index in [2.05, 4.69) is 35.9 Å². The summed E-state index contributed by atoms with van der Waals surface area (Å²) in [6.45, 7) is 9.69. The molecule has 0 bridgehead atoms. The first-order valence-electron chi connectivity index (χ1n) is 6.86. The zero-order chi connectivity index (χ0) is 13.4. The van der Waals surface area contributed by atoms with Crippen molar-refractivity contribution in [3.63, 3.8) is 0 Å². The highest BCUT2D eigenvalue weighted by Gasteiger charge is 2.08. The molecule has 1 rings (SSSR count). The van der Waals surface area contributed by atoms with Gasteiger partial charge in [-0.25, -0.2) is 0 Å². The molecule has 0 aliphatic rings. The van der Waals surface area contributed by atoms with E-state index >= 15 is 0 Å². The summed E-state index contributed by atoms with van der Waals surface area (Å²) >= 11 is 5.77. The second-order valence-corrected chi connectivity index (χ2v) is 5.39. The quantitative estimate of drug-likeness (QED) is 0.666. The standard InChI is InChI=1S/C15H25ClN2/c1-4-18(11-9-13(2)8-10-16)12-15-7-5-6-14(3)17-15/h5-7,13H,4,8-12H2,1-3H3. The predicted molar refractivity (Wildman–Crippen MR) is 79.0 cm³/mol. The number of rotatable bonds is 8. The second-order valence-electron chi connectivity index (χ2n) is 5.01. The minimum atomic E-state index is 0.710. The van der Waals surface area contributed by atoms with E-state index in [-0.39, 0.29) is 0 Å². The molecule has 18 heavy (non-hydrogen) atoms. The number of halogens is 1. The van der Waals surface area contributed by atoms with Crippen molar-refractivity contribution in [1.82, 2.24) is 9.88 Å². The first kappa shape index (κ1) is 15.5. The van der Waals surface area contributed by atoms with E-state index < -0.39 is 0 Å². The van der Waals surface area contributed by atoms with Crippen LogP contribution in [0.5, 0.6) is 0 Å². The van der Waals surface area contributed by atoms with E-state index in [0.29, 0.717) is 5.92 Å². The molecule has 1 unspecified atom stereocenters. The number of pyridine rings is 1. The summed E-state index contributed by atoms with van der Waals surface area (Å²) in [6, 6.07) is 6.24. The molecule has 0 saturated heterocycles. The summed E-state index contributed by atoms with van der Waals surface area (Å²) in [5.41, 5.74) is 2.26. The first-order valence-corrected chi connectivity index (χ1v) is 7.40. The smallest absolute Gasteiger partial charge is 0.0547 e. The van der Waals surface area contributed by atoms with Crippen molar-refractivity contribution in [2.24, 2.45) is 5.92 Å². The fourth-order valence-electron chi connectivity index (χ4n) is 2.00. The van der Waals surface area contributed by atoms with Crippen LogP contribution in [0, 0.1) is 12.8 Å². The molecule has 2 nitrogen and oxygen atoms in total. The summed E-state index contributed by atoms with van der Waals surface area (Å²) in [6.07, 6.45) is 2.33. The highest BCUT2D eigenvalue weighted by Crippen LogP contribution is 2.11. The van der Waals surface area contributed by atoms with E-state index in [0.717, 1.165) is 37.6 Å². The van der Waals surface area contributed by atoms with E-state index in [1.807, 2.05) is 13.0 Å². The van der Waals surface area contributed by atoms with Crippen molar-refractivity contribution in [3.8, 4) is 0 Å². The van der Waals surface area contributed by atoms with Crippen LogP contribution in [-0.4, -0.2) is 28.9 Å². The predicted octanol–water partition coefficient (Wildman–Crippen LogP) is 3.87. The zero-order valence-electron chi connectivity index (χ0n) is 11.8. The average Bonchev–Trinajstić information content (AvgIpc) is 2.35. The van der Waals surface area contributed by atoms with Crippen molar-refractivity contribution < 1.29 is 0 Å². The molecule has 0 fully saturated rings. The molecule has 102 valence electrons. The van der Waals surface area contributed by atoms with E-state index in [1.54, 1.807) is 0 Å². The molecule has 0 N–H and O–H groups in total. The zero-order valence-corrected chi connectivity index (χ0v) is 12.6. The van der Waals surface area contributed by atoms with Gasteiger partial charge in [-0.15, -0.1) is 11.6 Å². The molecule has 0 aromatic carbocycles. The molecule has 0 spiro atoms. The van der Waals surface area contributed by atoms with Gasteiger partial charge in [0.2, 0.25) is 0 Å². The lowest BCUT2D eigenvalue weighted by Crippen LogP contribution is -2.26. The minimum absolute atomic E-state index is 0.710. The number of alkyl halides is 1. The van der Waals surface area contributed by atoms with Gasteiger partial charge in [0.25, 0.3) is 0 Å².